The van der Waals surface area contributed by atoms with Gasteiger partial charge in [0.2, 0.25) is 0 Å². The standard InChI is InChI=1S/C10H11NO3/c1-7(2)6-14-8-4-3-5-11-9(8)10(12)13/h3-5H,1,6H2,2H3,(H,12,13). The summed E-state index contributed by atoms with van der Waals surface area (Å²) in [6.45, 7) is 5.75. The van der Waals surface area contributed by atoms with Gasteiger partial charge >= 0.3 is 5.97 Å². The third-order valence-electron chi connectivity index (χ3n) is 1.45. The van der Waals surface area contributed by atoms with Crippen molar-refractivity contribution in [3.8, 4) is 5.75 Å². The predicted molar refractivity (Wildman–Crippen MR) is 51.5 cm³/mol. The van der Waals surface area contributed by atoms with E-state index in [9.17, 15) is 4.79 Å². The second kappa shape index (κ2) is 4.41. The summed E-state index contributed by atoms with van der Waals surface area (Å²) in [6.07, 6.45) is 1.41. The summed E-state index contributed by atoms with van der Waals surface area (Å²) < 4.78 is 5.22. The van der Waals surface area contributed by atoms with Crippen molar-refractivity contribution in [1.82, 2.24) is 4.98 Å². The van der Waals surface area contributed by atoms with Gasteiger partial charge in [0.1, 0.15) is 6.61 Å². The Morgan fingerprint density at radius 3 is 3.00 bits per heavy atom. The molecule has 0 aromatic carbocycles. The van der Waals surface area contributed by atoms with Crippen LogP contribution in [-0.2, 0) is 0 Å². The smallest absolute Gasteiger partial charge is 0.358 e. The van der Waals surface area contributed by atoms with Crippen LogP contribution in [0.25, 0.3) is 0 Å². The molecule has 1 aromatic heterocycles. The Labute approximate surface area is 81.9 Å². The molecule has 0 aliphatic carbocycles. The summed E-state index contributed by atoms with van der Waals surface area (Å²) in [5.41, 5.74) is 0.749. The number of ether oxygens (including phenoxy) is 1. The molecule has 0 fully saturated rings. The molecule has 0 aliphatic rings. The van der Waals surface area contributed by atoms with Crippen molar-refractivity contribution in [3.05, 3.63) is 36.2 Å². The summed E-state index contributed by atoms with van der Waals surface area (Å²) in [5, 5.41) is 8.77. The van der Waals surface area contributed by atoms with Gasteiger partial charge in [0.05, 0.1) is 0 Å². The van der Waals surface area contributed by atoms with Crippen LogP contribution in [0.15, 0.2) is 30.5 Å². The number of hydrogen-bond acceptors (Lipinski definition) is 3. The first-order valence-corrected chi connectivity index (χ1v) is 4.06. The highest BCUT2D eigenvalue weighted by molar-refractivity contribution is 5.88. The number of aromatic nitrogens is 1. The van der Waals surface area contributed by atoms with Crippen molar-refractivity contribution < 1.29 is 14.6 Å². The number of carboxylic acids is 1. The lowest BCUT2D eigenvalue weighted by Gasteiger charge is -2.07. The number of nitrogens with zero attached hydrogens (tertiary/aromatic N) is 1. The Morgan fingerprint density at radius 2 is 2.43 bits per heavy atom. The van der Waals surface area contributed by atoms with E-state index in [1.807, 2.05) is 0 Å². The zero-order valence-corrected chi connectivity index (χ0v) is 7.86. The molecular formula is C10H11NO3. The molecule has 74 valence electrons. The van der Waals surface area contributed by atoms with Crippen molar-refractivity contribution in [2.24, 2.45) is 0 Å². The third-order valence-corrected chi connectivity index (χ3v) is 1.45. The van der Waals surface area contributed by atoms with Gasteiger partial charge in [-0.05, 0) is 24.6 Å². The molecule has 1 aromatic rings. The molecule has 0 atom stereocenters. The van der Waals surface area contributed by atoms with Gasteiger partial charge in [0.25, 0.3) is 0 Å². The maximum absolute atomic E-state index is 10.7. The highest BCUT2D eigenvalue weighted by Crippen LogP contribution is 2.15. The lowest BCUT2D eigenvalue weighted by molar-refractivity contribution is 0.0686. The first kappa shape index (κ1) is 10.2. The Bertz CT molecular complexity index is 360. The van der Waals surface area contributed by atoms with E-state index in [0.717, 1.165) is 5.57 Å². The zero-order chi connectivity index (χ0) is 10.6. The average molecular weight is 193 g/mol. The molecule has 0 spiro atoms. The van der Waals surface area contributed by atoms with Gasteiger partial charge in [-0.2, -0.15) is 0 Å². The van der Waals surface area contributed by atoms with Crippen molar-refractivity contribution in [3.63, 3.8) is 0 Å². The molecule has 4 heteroatoms. The molecule has 1 heterocycles. The van der Waals surface area contributed by atoms with Crippen LogP contribution >= 0.6 is 0 Å². The summed E-state index contributed by atoms with van der Waals surface area (Å²) in [4.78, 5) is 14.4. The van der Waals surface area contributed by atoms with E-state index in [1.165, 1.54) is 6.20 Å². The molecule has 0 aliphatic heterocycles. The van der Waals surface area contributed by atoms with E-state index in [-0.39, 0.29) is 11.4 Å². The minimum absolute atomic E-state index is 0.0752. The summed E-state index contributed by atoms with van der Waals surface area (Å²) in [6, 6.07) is 3.19. The molecule has 0 unspecified atom stereocenters. The second-order valence-corrected chi connectivity index (χ2v) is 2.90. The van der Waals surface area contributed by atoms with Crippen molar-refractivity contribution in [1.29, 1.82) is 0 Å². The van der Waals surface area contributed by atoms with Gasteiger partial charge in [-0.3, -0.25) is 0 Å². The van der Waals surface area contributed by atoms with Crippen molar-refractivity contribution in [2.45, 2.75) is 6.92 Å². The normalized spacial score (nSPS) is 9.50. The summed E-state index contributed by atoms with van der Waals surface area (Å²) >= 11 is 0. The average Bonchev–Trinajstić information content (AvgIpc) is 2.15. The predicted octanol–water partition coefficient (Wildman–Crippen LogP) is 1.73. The van der Waals surface area contributed by atoms with E-state index >= 15 is 0 Å². The maximum Gasteiger partial charge on any atom is 0.358 e. The van der Waals surface area contributed by atoms with Crippen molar-refractivity contribution >= 4 is 5.97 Å². The summed E-state index contributed by atoms with van der Waals surface area (Å²) in [5.74, 6) is -0.828. The molecule has 0 saturated heterocycles. The fraction of sp³-hybridized carbons (Fsp3) is 0.200. The Kier molecular flexibility index (Phi) is 3.23. The monoisotopic (exact) mass is 193 g/mol. The number of rotatable bonds is 4. The molecule has 4 nitrogen and oxygen atoms in total. The number of pyridine rings is 1. The van der Waals surface area contributed by atoms with E-state index in [2.05, 4.69) is 11.6 Å². The van der Waals surface area contributed by atoms with Crippen LogP contribution in [0, 0.1) is 0 Å². The topological polar surface area (TPSA) is 59.4 Å². The number of carboxylic acid groups (broad SMARTS) is 1. The third kappa shape index (κ3) is 2.58. The van der Waals surface area contributed by atoms with Crippen LogP contribution in [0.1, 0.15) is 17.4 Å². The molecule has 1 rings (SSSR count). The van der Waals surface area contributed by atoms with Gasteiger partial charge in [-0.25, -0.2) is 9.78 Å². The van der Waals surface area contributed by atoms with Gasteiger partial charge < -0.3 is 9.84 Å². The van der Waals surface area contributed by atoms with Gasteiger partial charge in [-0.1, -0.05) is 6.58 Å². The van der Waals surface area contributed by atoms with E-state index in [1.54, 1.807) is 19.1 Å². The number of aromatic carboxylic acids is 1. The molecule has 0 bridgehead atoms. The molecule has 0 amide bonds. The lowest BCUT2D eigenvalue weighted by atomic mass is 10.3. The fourth-order valence-corrected chi connectivity index (χ4v) is 0.869. The largest absolute Gasteiger partial charge is 0.487 e. The van der Waals surface area contributed by atoms with Gasteiger partial charge in [0, 0.05) is 6.20 Å². The minimum atomic E-state index is -1.10. The fourth-order valence-electron chi connectivity index (χ4n) is 0.869. The van der Waals surface area contributed by atoms with Gasteiger partial charge in [-0.15, -0.1) is 0 Å². The molecular weight excluding hydrogens is 182 g/mol. The lowest BCUT2D eigenvalue weighted by Crippen LogP contribution is -2.06. The first-order chi connectivity index (χ1) is 6.61. The number of carbonyl (C=O) groups is 1. The minimum Gasteiger partial charge on any atom is -0.487 e. The molecule has 0 radical (unpaired) electrons. The Morgan fingerprint density at radius 1 is 1.71 bits per heavy atom. The number of hydrogen-bond donors (Lipinski definition) is 1. The van der Waals surface area contributed by atoms with Crippen LogP contribution in [0.5, 0.6) is 5.75 Å². The van der Waals surface area contributed by atoms with Crippen LogP contribution in [0.2, 0.25) is 0 Å². The van der Waals surface area contributed by atoms with Crippen LogP contribution in [0.3, 0.4) is 0 Å². The molecule has 0 saturated carbocycles. The van der Waals surface area contributed by atoms with Crippen LogP contribution in [-0.4, -0.2) is 22.7 Å². The summed E-state index contributed by atoms with van der Waals surface area (Å²) in [7, 11) is 0. The van der Waals surface area contributed by atoms with Gasteiger partial charge in [0.15, 0.2) is 11.4 Å². The maximum atomic E-state index is 10.7. The SMILES string of the molecule is C=C(C)COc1cccnc1C(=O)O. The van der Waals surface area contributed by atoms with E-state index in [0.29, 0.717) is 6.61 Å². The first-order valence-electron chi connectivity index (χ1n) is 4.06. The van der Waals surface area contributed by atoms with E-state index < -0.39 is 5.97 Å². The van der Waals surface area contributed by atoms with Crippen LogP contribution in [0.4, 0.5) is 0 Å². The zero-order valence-electron chi connectivity index (χ0n) is 7.86. The highest BCUT2D eigenvalue weighted by Gasteiger charge is 2.11. The van der Waals surface area contributed by atoms with Crippen LogP contribution < -0.4 is 4.74 Å². The van der Waals surface area contributed by atoms with E-state index in [4.69, 9.17) is 9.84 Å². The van der Waals surface area contributed by atoms with Crippen molar-refractivity contribution in [2.75, 3.05) is 6.61 Å². The quantitative estimate of drug-likeness (QED) is 0.740. The molecule has 1 N–H and O–H groups in total. The Balaban J connectivity index is 2.84. The Hall–Kier alpha value is -1.84. The molecule has 14 heavy (non-hydrogen) atoms. The highest BCUT2D eigenvalue weighted by atomic mass is 16.5. The second-order valence-electron chi connectivity index (χ2n) is 2.90.